The summed E-state index contributed by atoms with van der Waals surface area (Å²) >= 11 is 0. The Kier molecular flexibility index (Phi) is 7.98. The summed E-state index contributed by atoms with van der Waals surface area (Å²) in [6.45, 7) is 9.70. The Morgan fingerprint density at radius 3 is 2.09 bits per heavy atom. The molecule has 1 aliphatic rings. The monoisotopic (exact) mass is 471 g/mol. The van der Waals surface area contributed by atoms with Crippen molar-refractivity contribution >= 4 is 15.9 Å². The van der Waals surface area contributed by atoms with Gasteiger partial charge in [0, 0.05) is 32.1 Å². The number of amides is 1. The van der Waals surface area contributed by atoms with Crippen molar-refractivity contribution in [3.05, 3.63) is 63.7 Å². The van der Waals surface area contributed by atoms with Gasteiger partial charge < -0.3 is 10.2 Å². The molecule has 1 heterocycles. The molecule has 0 saturated carbocycles. The molecule has 1 amide bonds. The normalized spacial score (nSPS) is 15.7. The molecule has 1 saturated heterocycles. The third kappa shape index (κ3) is 5.65. The van der Waals surface area contributed by atoms with E-state index in [4.69, 9.17) is 0 Å². The molecule has 0 spiro atoms. The molecule has 2 aromatic carbocycles. The first-order valence-corrected chi connectivity index (χ1v) is 13.0. The van der Waals surface area contributed by atoms with E-state index in [2.05, 4.69) is 16.3 Å². The SMILES string of the molecule is Cc1cc(C)c(C)c(S(=O)(=O)N2CCC(C(=O)NCc3ccccc3CN(C)C)CC2)c1C. The van der Waals surface area contributed by atoms with E-state index in [1.165, 1.54) is 5.56 Å². The number of benzene rings is 2. The van der Waals surface area contributed by atoms with Gasteiger partial charge in [-0.15, -0.1) is 0 Å². The number of hydrogen-bond acceptors (Lipinski definition) is 4. The van der Waals surface area contributed by atoms with Gasteiger partial charge in [-0.1, -0.05) is 30.3 Å². The van der Waals surface area contributed by atoms with E-state index in [0.29, 0.717) is 37.4 Å². The van der Waals surface area contributed by atoms with Crippen molar-refractivity contribution in [1.29, 1.82) is 0 Å². The van der Waals surface area contributed by atoms with E-state index in [9.17, 15) is 13.2 Å². The zero-order chi connectivity index (χ0) is 24.3. The number of nitrogens with one attached hydrogen (secondary N) is 1. The summed E-state index contributed by atoms with van der Waals surface area (Å²) in [6, 6.07) is 10.2. The summed E-state index contributed by atoms with van der Waals surface area (Å²) in [7, 11) is 0.459. The molecule has 6 nitrogen and oxygen atoms in total. The molecule has 1 N–H and O–H groups in total. The van der Waals surface area contributed by atoms with E-state index in [1.807, 2.05) is 66.1 Å². The summed E-state index contributed by atoms with van der Waals surface area (Å²) in [5, 5.41) is 3.08. The number of aryl methyl sites for hydroxylation is 2. The maximum absolute atomic E-state index is 13.5. The Morgan fingerprint density at radius 2 is 1.55 bits per heavy atom. The van der Waals surface area contributed by atoms with Gasteiger partial charge in [0.05, 0.1) is 4.90 Å². The lowest BCUT2D eigenvalue weighted by atomic mass is 9.97. The highest BCUT2D eigenvalue weighted by Gasteiger charge is 2.34. The van der Waals surface area contributed by atoms with E-state index in [-0.39, 0.29) is 11.8 Å². The Labute approximate surface area is 199 Å². The summed E-state index contributed by atoms with van der Waals surface area (Å²) in [5.74, 6) is -0.163. The van der Waals surface area contributed by atoms with Crippen molar-refractivity contribution in [3.63, 3.8) is 0 Å². The second-order valence-corrected chi connectivity index (χ2v) is 11.4. The first-order chi connectivity index (χ1) is 15.5. The number of nitrogens with zero attached hydrogens (tertiary/aromatic N) is 2. The minimum Gasteiger partial charge on any atom is -0.352 e. The van der Waals surface area contributed by atoms with Crippen LogP contribution in [0.1, 0.15) is 46.2 Å². The van der Waals surface area contributed by atoms with Crippen molar-refractivity contribution in [2.75, 3.05) is 27.2 Å². The summed E-state index contributed by atoms with van der Waals surface area (Å²) in [5.41, 5.74) is 5.91. The lowest BCUT2D eigenvalue weighted by Crippen LogP contribution is -2.43. The Bertz CT molecular complexity index is 1090. The van der Waals surface area contributed by atoms with E-state index in [1.54, 1.807) is 4.31 Å². The minimum absolute atomic E-state index is 0.00506. The molecule has 0 aliphatic carbocycles. The highest BCUT2D eigenvalue weighted by atomic mass is 32.2. The van der Waals surface area contributed by atoms with Gasteiger partial charge in [0.15, 0.2) is 0 Å². The standard InChI is InChI=1S/C26H37N3O3S/c1-18-15-19(2)21(4)25(20(18)3)33(31,32)29-13-11-22(12-14-29)26(30)27-16-23-9-7-8-10-24(23)17-28(5)6/h7-10,15,22H,11-14,16-17H2,1-6H3,(H,27,30). The largest absolute Gasteiger partial charge is 0.352 e. The molecule has 0 atom stereocenters. The van der Waals surface area contributed by atoms with E-state index < -0.39 is 10.0 Å². The molecule has 0 radical (unpaired) electrons. The average Bonchev–Trinajstić information content (AvgIpc) is 2.76. The number of rotatable bonds is 7. The minimum atomic E-state index is -3.59. The van der Waals surface area contributed by atoms with E-state index in [0.717, 1.165) is 34.4 Å². The van der Waals surface area contributed by atoms with Crippen LogP contribution in [0, 0.1) is 33.6 Å². The van der Waals surface area contributed by atoms with Crippen molar-refractivity contribution in [2.45, 2.75) is 58.5 Å². The Hall–Kier alpha value is -2.22. The van der Waals surface area contributed by atoms with Crippen molar-refractivity contribution in [2.24, 2.45) is 5.92 Å². The van der Waals surface area contributed by atoms with Gasteiger partial charge >= 0.3 is 0 Å². The van der Waals surface area contributed by atoms with Crippen molar-refractivity contribution in [3.8, 4) is 0 Å². The van der Waals surface area contributed by atoms with Crippen LogP contribution >= 0.6 is 0 Å². The zero-order valence-electron chi connectivity index (χ0n) is 20.7. The van der Waals surface area contributed by atoms with Crippen LogP contribution in [0.2, 0.25) is 0 Å². The van der Waals surface area contributed by atoms with Crippen molar-refractivity contribution in [1.82, 2.24) is 14.5 Å². The lowest BCUT2D eigenvalue weighted by molar-refractivity contribution is -0.126. The molecule has 0 bridgehead atoms. The number of sulfonamides is 1. The topological polar surface area (TPSA) is 69.7 Å². The zero-order valence-corrected chi connectivity index (χ0v) is 21.6. The lowest BCUT2D eigenvalue weighted by Gasteiger charge is -2.32. The molecule has 3 rings (SSSR count). The Balaban J connectivity index is 1.64. The molecule has 33 heavy (non-hydrogen) atoms. The third-order valence-corrected chi connectivity index (χ3v) is 8.95. The molecule has 7 heteroatoms. The summed E-state index contributed by atoms with van der Waals surface area (Å²) in [4.78, 5) is 15.4. The first-order valence-electron chi connectivity index (χ1n) is 11.6. The number of hydrogen-bond donors (Lipinski definition) is 1. The fourth-order valence-electron chi connectivity index (χ4n) is 4.61. The highest BCUT2D eigenvalue weighted by molar-refractivity contribution is 7.89. The maximum atomic E-state index is 13.5. The second-order valence-electron chi connectivity index (χ2n) is 9.49. The first kappa shape index (κ1) is 25.4. The summed E-state index contributed by atoms with van der Waals surface area (Å²) < 4.78 is 28.5. The van der Waals surface area contributed by atoms with Gasteiger partial charge in [-0.05, 0) is 88.0 Å². The molecule has 180 valence electrons. The third-order valence-electron chi connectivity index (χ3n) is 6.78. The highest BCUT2D eigenvalue weighted by Crippen LogP contribution is 2.31. The molecule has 1 aliphatic heterocycles. The molecular weight excluding hydrogens is 434 g/mol. The van der Waals surface area contributed by atoms with Crippen molar-refractivity contribution < 1.29 is 13.2 Å². The van der Waals surface area contributed by atoms with Gasteiger partial charge in [0.1, 0.15) is 0 Å². The van der Waals surface area contributed by atoms with Crippen LogP contribution in [0.25, 0.3) is 0 Å². The van der Waals surface area contributed by atoms with Gasteiger partial charge in [0.2, 0.25) is 15.9 Å². The van der Waals surface area contributed by atoms with Crippen LogP contribution in [0.15, 0.2) is 35.2 Å². The van der Waals surface area contributed by atoms with Crippen LogP contribution in [0.4, 0.5) is 0 Å². The fraction of sp³-hybridized carbons (Fsp3) is 0.500. The second kappa shape index (κ2) is 10.4. The predicted octanol–water partition coefficient (Wildman–Crippen LogP) is 3.70. The van der Waals surface area contributed by atoms with E-state index >= 15 is 0 Å². The van der Waals surface area contributed by atoms with Crippen LogP contribution < -0.4 is 5.32 Å². The quantitative estimate of drug-likeness (QED) is 0.669. The van der Waals surface area contributed by atoms with Gasteiger partial charge in [-0.25, -0.2) is 8.42 Å². The fourth-order valence-corrected chi connectivity index (χ4v) is 6.65. The average molecular weight is 472 g/mol. The Morgan fingerprint density at radius 1 is 1.00 bits per heavy atom. The van der Waals surface area contributed by atoms with Crippen LogP contribution in [0.3, 0.4) is 0 Å². The maximum Gasteiger partial charge on any atom is 0.243 e. The van der Waals surface area contributed by atoms with Crippen LogP contribution in [0.5, 0.6) is 0 Å². The number of piperidine rings is 1. The van der Waals surface area contributed by atoms with Gasteiger partial charge in [-0.2, -0.15) is 4.31 Å². The number of carbonyl (C=O) groups is 1. The molecular formula is C26H37N3O3S. The molecule has 1 fully saturated rings. The predicted molar refractivity (Wildman–Crippen MR) is 133 cm³/mol. The summed E-state index contributed by atoms with van der Waals surface area (Å²) in [6.07, 6.45) is 1.07. The molecule has 0 aromatic heterocycles. The van der Waals surface area contributed by atoms with Crippen LogP contribution in [-0.4, -0.2) is 50.7 Å². The molecule has 0 unspecified atom stereocenters. The smallest absolute Gasteiger partial charge is 0.243 e. The van der Waals surface area contributed by atoms with Gasteiger partial charge in [0.25, 0.3) is 0 Å². The van der Waals surface area contributed by atoms with Crippen LogP contribution in [-0.2, 0) is 27.9 Å². The molecule has 2 aromatic rings. The number of carbonyl (C=O) groups excluding carboxylic acids is 1. The van der Waals surface area contributed by atoms with Gasteiger partial charge in [-0.3, -0.25) is 4.79 Å².